The van der Waals surface area contributed by atoms with Crippen molar-refractivity contribution in [3.05, 3.63) is 52.8 Å². The lowest BCUT2D eigenvalue weighted by molar-refractivity contribution is 0.0511. The molecule has 4 rings (SSSR count). The predicted octanol–water partition coefficient (Wildman–Crippen LogP) is 3.07. The normalized spacial score (nSPS) is 12.0. The van der Waals surface area contributed by atoms with Gasteiger partial charge in [-0.05, 0) is 56.5 Å². The van der Waals surface area contributed by atoms with Crippen LogP contribution in [0, 0.1) is 0 Å². The highest BCUT2D eigenvalue weighted by Crippen LogP contribution is 2.34. The van der Waals surface area contributed by atoms with Crippen molar-refractivity contribution in [1.29, 1.82) is 0 Å². The Labute approximate surface area is 179 Å². The zero-order valence-electron chi connectivity index (χ0n) is 17.6. The Morgan fingerprint density at radius 1 is 1.06 bits per heavy atom. The molecular weight excluding hydrogens is 398 g/mol. The van der Waals surface area contributed by atoms with E-state index in [1.165, 1.54) is 0 Å². The minimum atomic E-state index is -0.420. The summed E-state index contributed by atoms with van der Waals surface area (Å²) in [7, 11) is 1.79. The van der Waals surface area contributed by atoms with Crippen LogP contribution in [0.25, 0.3) is 11.4 Å². The number of carbonyl (C=O) groups excluding carboxylic acids is 2. The van der Waals surface area contributed by atoms with Gasteiger partial charge in [0.05, 0.1) is 30.2 Å². The van der Waals surface area contributed by atoms with Crippen molar-refractivity contribution >= 4 is 23.6 Å². The van der Waals surface area contributed by atoms with Gasteiger partial charge in [-0.15, -0.1) is 0 Å². The minimum Gasteiger partial charge on any atom is -0.462 e. The number of aromatic nitrogens is 4. The lowest BCUT2D eigenvalue weighted by Crippen LogP contribution is -2.12. The minimum absolute atomic E-state index is 0.298. The molecule has 2 heterocycles. The number of nitrogens with one attached hydrogen (secondary N) is 1. The predicted molar refractivity (Wildman–Crippen MR) is 113 cm³/mol. The van der Waals surface area contributed by atoms with Gasteiger partial charge in [0.15, 0.2) is 5.69 Å². The molecule has 160 valence electrons. The molecule has 3 aromatic rings. The number of fused-ring (bicyclic) bond motifs is 3. The highest BCUT2D eigenvalue weighted by Gasteiger charge is 2.29. The Morgan fingerprint density at radius 2 is 1.77 bits per heavy atom. The van der Waals surface area contributed by atoms with E-state index in [4.69, 9.17) is 9.47 Å². The molecule has 0 unspecified atom stereocenters. The van der Waals surface area contributed by atoms with E-state index in [1.807, 2.05) is 0 Å². The van der Waals surface area contributed by atoms with E-state index in [9.17, 15) is 9.59 Å². The lowest BCUT2D eigenvalue weighted by Gasteiger charge is -2.17. The third kappa shape index (κ3) is 3.98. The third-order valence-corrected chi connectivity index (χ3v) is 5.00. The van der Waals surface area contributed by atoms with E-state index in [1.54, 1.807) is 56.0 Å². The summed E-state index contributed by atoms with van der Waals surface area (Å²) in [6.45, 7) is 4.17. The molecule has 0 saturated heterocycles. The second-order valence-corrected chi connectivity index (χ2v) is 7.01. The number of ether oxygens (including phenoxy) is 2. The van der Waals surface area contributed by atoms with E-state index < -0.39 is 5.97 Å². The van der Waals surface area contributed by atoms with E-state index in [2.05, 4.69) is 20.4 Å². The molecule has 9 nitrogen and oxygen atoms in total. The Hall–Kier alpha value is -3.75. The van der Waals surface area contributed by atoms with Crippen molar-refractivity contribution in [2.75, 3.05) is 18.5 Å². The molecule has 1 aliphatic carbocycles. The number of hydrogen-bond acceptors (Lipinski definition) is 8. The Kier molecular flexibility index (Phi) is 5.66. The molecule has 0 saturated carbocycles. The van der Waals surface area contributed by atoms with E-state index >= 15 is 0 Å². The van der Waals surface area contributed by atoms with Crippen molar-refractivity contribution in [3.63, 3.8) is 0 Å². The Balaban J connectivity index is 1.62. The maximum absolute atomic E-state index is 12.3. The molecule has 0 spiro atoms. The number of benzene rings is 1. The molecule has 0 fully saturated rings. The topological polar surface area (TPSA) is 108 Å². The van der Waals surface area contributed by atoms with Gasteiger partial charge >= 0.3 is 11.9 Å². The fourth-order valence-corrected chi connectivity index (χ4v) is 3.61. The van der Waals surface area contributed by atoms with Gasteiger partial charge in [-0.3, -0.25) is 4.68 Å². The van der Waals surface area contributed by atoms with E-state index in [0.29, 0.717) is 36.8 Å². The number of anilines is 2. The van der Waals surface area contributed by atoms with Gasteiger partial charge in [0, 0.05) is 24.5 Å². The first-order chi connectivity index (χ1) is 15.0. The summed E-state index contributed by atoms with van der Waals surface area (Å²) in [4.78, 5) is 33.2. The van der Waals surface area contributed by atoms with Gasteiger partial charge in [-0.25, -0.2) is 19.6 Å². The highest BCUT2D eigenvalue weighted by molar-refractivity contribution is 5.92. The average molecular weight is 421 g/mol. The summed E-state index contributed by atoms with van der Waals surface area (Å²) in [5, 5.41) is 7.54. The molecule has 9 heteroatoms. The van der Waals surface area contributed by atoms with Crippen molar-refractivity contribution in [2.24, 2.45) is 7.05 Å². The molecule has 1 aromatic carbocycles. The summed E-state index contributed by atoms with van der Waals surface area (Å²) in [5.41, 5.74) is 4.93. The molecular formula is C22H23N5O4. The van der Waals surface area contributed by atoms with Crippen LogP contribution in [0.3, 0.4) is 0 Å². The third-order valence-electron chi connectivity index (χ3n) is 5.00. The zero-order valence-corrected chi connectivity index (χ0v) is 17.6. The average Bonchev–Trinajstić information content (AvgIpc) is 3.12. The zero-order chi connectivity index (χ0) is 22.0. The van der Waals surface area contributed by atoms with Gasteiger partial charge < -0.3 is 14.8 Å². The smallest absolute Gasteiger partial charge is 0.359 e. The Bertz CT molecular complexity index is 1140. The summed E-state index contributed by atoms with van der Waals surface area (Å²) in [6, 6.07) is 6.90. The first-order valence-corrected chi connectivity index (χ1v) is 10.1. The first kappa shape index (κ1) is 20.5. The fourth-order valence-electron chi connectivity index (χ4n) is 3.61. The van der Waals surface area contributed by atoms with Gasteiger partial charge in [0.2, 0.25) is 5.95 Å². The largest absolute Gasteiger partial charge is 0.462 e. The standard InChI is InChI=1S/C22H23N5O4/c1-4-30-20(28)13-6-9-15(10-7-13)24-22-23-12-14-8-11-16-18(21(29)31-5-2)26-27(3)19(16)17(14)25-22/h6-7,9-10,12H,4-5,8,11H2,1-3H3,(H,23,24,25). The van der Waals surface area contributed by atoms with Crippen molar-refractivity contribution in [3.8, 4) is 11.4 Å². The van der Waals surface area contributed by atoms with Gasteiger partial charge in [0.1, 0.15) is 0 Å². The Morgan fingerprint density at radius 3 is 2.48 bits per heavy atom. The maximum Gasteiger partial charge on any atom is 0.359 e. The van der Waals surface area contributed by atoms with E-state index in [-0.39, 0.29) is 5.97 Å². The van der Waals surface area contributed by atoms with Crippen LogP contribution in [0.5, 0.6) is 0 Å². The number of rotatable bonds is 6. The lowest BCUT2D eigenvalue weighted by atomic mass is 9.93. The highest BCUT2D eigenvalue weighted by atomic mass is 16.5. The van der Waals surface area contributed by atoms with Crippen LogP contribution in [0.15, 0.2) is 30.5 Å². The quantitative estimate of drug-likeness (QED) is 0.605. The number of nitrogens with zero attached hydrogens (tertiary/aromatic N) is 4. The number of esters is 2. The molecule has 1 aliphatic rings. The molecule has 1 N–H and O–H groups in total. The first-order valence-electron chi connectivity index (χ1n) is 10.1. The number of aryl methyl sites for hydroxylation is 2. The van der Waals surface area contributed by atoms with Crippen LogP contribution in [0.1, 0.15) is 45.8 Å². The molecule has 0 atom stereocenters. The van der Waals surface area contributed by atoms with Crippen LogP contribution in [0.4, 0.5) is 11.6 Å². The van der Waals surface area contributed by atoms with Crippen molar-refractivity contribution in [2.45, 2.75) is 26.7 Å². The summed E-state index contributed by atoms with van der Waals surface area (Å²) in [6.07, 6.45) is 3.18. The van der Waals surface area contributed by atoms with Crippen LogP contribution in [-0.2, 0) is 29.4 Å². The van der Waals surface area contributed by atoms with E-state index in [0.717, 1.165) is 34.6 Å². The van der Waals surface area contributed by atoms with Crippen molar-refractivity contribution < 1.29 is 19.1 Å². The van der Waals surface area contributed by atoms with Gasteiger partial charge in [0.25, 0.3) is 0 Å². The summed E-state index contributed by atoms with van der Waals surface area (Å²) in [5.74, 6) is -0.369. The summed E-state index contributed by atoms with van der Waals surface area (Å²) < 4.78 is 11.8. The van der Waals surface area contributed by atoms with Gasteiger partial charge in [-0.2, -0.15) is 5.10 Å². The molecule has 31 heavy (non-hydrogen) atoms. The number of hydrogen-bond donors (Lipinski definition) is 1. The molecule has 0 aliphatic heterocycles. The van der Waals surface area contributed by atoms with Crippen LogP contribution in [0.2, 0.25) is 0 Å². The van der Waals surface area contributed by atoms with Gasteiger partial charge in [-0.1, -0.05) is 0 Å². The summed E-state index contributed by atoms with van der Waals surface area (Å²) >= 11 is 0. The van der Waals surface area contributed by atoms with Crippen molar-refractivity contribution in [1.82, 2.24) is 19.7 Å². The second-order valence-electron chi connectivity index (χ2n) is 7.01. The van der Waals surface area contributed by atoms with Crippen LogP contribution < -0.4 is 5.32 Å². The SMILES string of the molecule is CCOC(=O)c1ccc(Nc2ncc3c(n2)-c2c(c(C(=O)OCC)nn2C)CC3)cc1. The maximum atomic E-state index is 12.3. The fraction of sp³-hybridized carbons (Fsp3) is 0.318. The van der Waals surface area contributed by atoms with Crippen LogP contribution >= 0.6 is 0 Å². The number of carbonyl (C=O) groups is 2. The molecule has 0 bridgehead atoms. The molecule has 2 aromatic heterocycles. The molecule has 0 amide bonds. The van der Waals surface area contributed by atoms with Crippen LogP contribution in [-0.4, -0.2) is 44.9 Å². The second kappa shape index (κ2) is 8.55. The monoisotopic (exact) mass is 421 g/mol. The molecule has 0 radical (unpaired) electrons.